The van der Waals surface area contributed by atoms with Crippen molar-refractivity contribution in [3.63, 3.8) is 0 Å². The molecule has 2 aliphatic rings. The van der Waals surface area contributed by atoms with Crippen LogP contribution in [0.2, 0.25) is 0 Å². The predicted octanol–water partition coefficient (Wildman–Crippen LogP) is 1.60. The first-order valence-corrected chi connectivity index (χ1v) is 9.98. The SMILES string of the molecule is Cc1cc(C(=O)N[C@@H]2CC(Cn3ccnc3)C[C@H]2O)ccc1N1CCOCC1. The Hall–Kier alpha value is -2.38. The molecule has 1 amide bonds. The molecular weight excluding hydrogens is 356 g/mol. The number of aliphatic hydroxyl groups is 1. The first-order chi connectivity index (χ1) is 13.6. The maximum Gasteiger partial charge on any atom is 0.251 e. The highest BCUT2D eigenvalue weighted by atomic mass is 16.5. The fraction of sp³-hybridized carbons (Fsp3) is 0.524. The van der Waals surface area contributed by atoms with Gasteiger partial charge in [-0.2, -0.15) is 0 Å². The molecule has 1 aliphatic carbocycles. The Labute approximate surface area is 165 Å². The molecule has 1 unspecified atom stereocenters. The number of aryl methyl sites for hydroxylation is 1. The second-order valence-electron chi connectivity index (χ2n) is 7.84. The van der Waals surface area contributed by atoms with Gasteiger partial charge in [0.05, 0.1) is 31.7 Å². The number of ether oxygens (including phenoxy) is 1. The molecule has 7 heteroatoms. The van der Waals surface area contributed by atoms with Gasteiger partial charge in [0.1, 0.15) is 0 Å². The molecule has 2 aromatic rings. The lowest BCUT2D eigenvalue weighted by Gasteiger charge is -2.30. The third kappa shape index (κ3) is 4.20. The van der Waals surface area contributed by atoms with E-state index in [4.69, 9.17) is 4.74 Å². The third-order valence-electron chi connectivity index (χ3n) is 5.78. The summed E-state index contributed by atoms with van der Waals surface area (Å²) in [6.07, 6.45) is 6.43. The van der Waals surface area contributed by atoms with Gasteiger partial charge in [-0.3, -0.25) is 4.79 Å². The number of nitrogens with one attached hydrogen (secondary N) is 1. The van der Waals surface area contributed by atoms with Crippen molar-refractivity contribution in [2.75, 3.05) is 31.2 Å². The number of amides is 1. The van der Waals surface area contributed by atoms with E-state index in [1.165, 1.54) is 0 Å². The summed E-state index contributed by atoms with van der Waals surface area (Å²) in [6.45, 7) is 6.07. The lowest BCUT2D eigenvalue weighted by Crippen LogP contribution is -2.40. The minimum absolute atomic E-state index is 0.121. The molecule has 0 spiro atoms. The van der Waals surface area contributed by atoms with Crippen LogP contribution in [-0.2, 0) is 11.3 Å². The van der Waals surface area contributed by atoms with Crippen LogP contribution in [-0.4, -0.2) is 59.0 Å². The maximum atomic E-state index is 12.7. The normalized spacial score (nSPS) is 25.1. The fourth-order valence-electron chi connectivity index (χ4n) is 4.32. The van der Waals surface area contributed by atoms with E-state index in [2.05, 4.69) is 15.2 Å². The highest BCUT2D eigenvalue weighted by Crippen LogP contribution is 2.28. The van der Waals surface area contributed by atoms with Gasteiger partial charge in [-0.05, 0) is 49.4 Å². The second kappa shape index (κ2) is 8.32. The van der Waals surface area contributed by atoms with Crippen molar-refractivity contribution in [2.45, 2.75) is 38.5 Å². The summed E-state index contributed by atoms with van der Waals surface area (Å²) in [5.74, 6) is 0.212. The van der Waals surface area contributed by atoms with Crippen molar-refractivity contribution in [1.82, 2.24) is 14.9 Å². The van der Waals surface area contributed by atoms with Gasteiger partial charge in [-0.1, -0.05) is 0 Å². The molecular formula is C21H28N4O3. The van der Waals surface area contributed by atoms with Crippen LogP contribution in [0.3, 0.4) is 0 Å². The summed E-state index contributed by atoms with van der Waals surface area (Å²) in [5.41, 5.74) is 2.88. The number of nitrogens with zero attached hydrogens (tertiary/aromatic N) is 3. The van der Waals surface area contributed by atoms with Crippen LogP contribution < -0.4 is 10.2 Å². The van der Waals surface area contributed by atoms with Crippen LogP contribution in [0.25, 0.3) is 0 Å². The van der Waals surface area contributed by atoms with Crippen molar-refractivity contribution >= 4 is 11.6 Å². The summed E-state index contributed by atoms with van der Waals surface area (Å²) in [5, 5.41) is 13.4. The lowest BCUT2D eigenvalue weighted by molar-refractivity contribution is 0.0872. The predicted molar refractivity (Wildman–Crippen MR) is 106 cm³/mol. The molecule has 1 aromatic heterocycles. The molecule has 1 aliphatic heterocycles. The number of hydrogen-bond acceptors (Lipinski definition) is 5. The average molecular weight is 384 g/mol. The summed E-state index contributed by atoms with van der Waals surface area (Å²) in [6, 6.07) is 5.62. The number of anilines is 1. The third-order valence-corrected chi connectivity index (χ3v) is 5.78. The van der Waals surface area contributed by atoms with Gasteiger partial charge in [0.25, 0.3) is 5.91 Å². The molecule has 4 rings (SSSR count). The van der Waals surface area contributed by atoms with E-state index in [1.807, 2.05) is 35.9 Å². The standard InChI is InChI=1S/C21H28N4O3/c1-15-10-17(2-3-19(15)25-6-8-28-9-7-25)21(27)23-18-11-16(12-20(18)26)13-24-5-4-22-14-24/h2-5,10,14,16,18,20,26H,6-9,11-13H2,1H3,(H,23,27)/t16?,18-,20-/m1/s1. The number of benzene rings is 1. The van der Waals surface area contributed by atoms with Crippen molar-refractivity contribution in [1.29, 1.82) is 0 Å². The van der Waals surface area contributed by atoms with E-state index in [1.54, 1.807) is 12.5 Å². The van der Waals surface area contributed by atoms with Gasteiger partial charge in [-0.25, -0.2) is 4.98 Å². The van der Waals surface area contributed by atoms with E-state index in [0.29, 0.717) is 17.9 Å². The molecule has 7 nitrogen and oxygen atoms in total. The van der Waals surface area contributed by atoms with Crippen molar-refractivity contribution < 1.29 is 14.6 Å². The summed E-state index contributed by atoms with van der Waals surface area (Å²) in [7, 11) is 0. The smallest absolute Gasteiger partial charge is 0.251 e. The molecule has 2 heterocycles. The number of hydrogen-bond donors (Lipinski definition) is 2. The zero-order chi connectivity index (χ0) is 19.5. The fourth-order valence-corrected chi connectivity index (χ4v) is 4.32. The van der Waals surface area contributed by atoms with Gasteiger partial charge >= 0.3 is 0 Å². The van der Waals surface area contributed by atoms with Crippen molar-refractivity contribution in [2.24, 2.45) is 5.92 Å². The van der Waals surface area contributed by atoms with Crippen molar-refractivity contribution in [3.05, 3.63) is 48.0 Å². The van der Waals surface area contributed by atoms with Gasteiger partial charge < -0.3 is 24.6 Å². The molecule has 1 saturated heterocycles. The number of imidazole rings is 1. The Balaban J connectivity index is 1.37. The van der Waals surface area contributed by atoms with E-state index in [-0.39, 0.29) is 11.9 Å². The number of aliphatic hydroxyl groups excluding tert-OH is 1. The molecule has 0 radical (unpaired) electrons. The van der Waals surface area contributed by atoms with Crippen LogP contribution in [0, 0.1) is 12.8 Å². The molecule has 1 saturated carbocycles. The first kappa shape index (κ1) is 19.0. The first-order valence-electron chi connectivity index (χ1n) is 9.98. The molecule has 1 aromatic carbocycles. The zero-order valence-electron chi connectivity index (χ0n) is 16.3. The minimum Gasteiger partial charge on any atom is -0.391 e. The second-order valence-corrected chi connectivity index (χ2v) is 7.84. The van der Waals surface area contributed by atoms with Crippen molar-refractivity contribution in [3.8, 4) is 0 Å². The molecule has 2 fully saturated rings. The highest BCUT2D eigenvalue weighted by molar-refractivity contribution is 5.95. The van der Waals surface area contributed by atoms with Gasteiger partial charge in [0, 0.05) is 43.3 Å². The van der Waals surface area contributed by atoms with Crippen LogP contribution in [0.15, 0.2) is 36.9 Å². The maximum absolute atomic E-state index is 12.7. The Morgan fingerprint density at radius 3 is 2.86 bits per heavy atom. The van der Waals surface area contributed by atoms with E-state index in [0.717, 1.165) is 50.5 Å². The van der Waals surface area contributed by atoms with Gasteiger partial charge in [0.15, 0.2) is 0 Å². The average Bonchev–Trinajstić information content (AvgIpc) is 3.32. The van der Waals surface area contributed by atoms with E-state index in [9.17, 15) is 9.90 Å². The zero-order valence-corrected chi connectivity index (χ0v) is 16.3. The Morgan fingerprint density at radius 2 is 2.14 bits per heavy atom. The number of aromatic nitrogens is 2. The molecule has 0 bridgehead atoms. The minimum atomic E-state index is -0.508. The lowest BCUT2D eigenvalue weighted by atomic mass is 10.1. The Kier molecular flexibility index (Phi) is 5.64. The van der Waals surface area contributed by atoms with Crippen LogP contribution >= 0.6 is 0 Å². The number of morpholine rings is 1. The summed E-state index contributed by atoms with van der Waals surface area (Å²) < 4.78 is 7.44. The summed E-state index contributed by atoms with van der Waals surface area (Å²) in [4.78, 5) is 19.1. The van der Waals surface area contributed by atoms with Crippen LogP contribution in [0.5, 0.6) is 0 Å². The molecule has 3 atom stereocenters. The number of rotatable bonds is 5. The van der Waals surface area contributed by atoms with Crippen LogP contribution in [0.4, 0.5) is 5.69 Å². The monoisotopic (exact) mass is 384 g/mol. The molecule has 2 N–H and O–H groups in total. The van der Waals surface area contributed by atoms with Gasteiger partial charge in [-0.15, -0.1) is 0 Å². The van der Waals surface area contributed by atoms with Gasteiger partial charge in [0.2, 0.25) is 0 Å². The largest absolute Gasteiger partial charge is 0.391 e. The highest BCUT2D eigenvalue weighted by Gasteiger charge is 2.34. The van der Waals surface area contributed by atoms with E-state index >= 15 is 0 Å². The summed E-state index contributed by atoms with van der Waals surface area (Å²) >= 11 is 0. The Bertz CT molecular complexity index is 802. The quantitative estimate of drug-likeness (QED) is 0.819. The Morgan fingerprint density at radius 1 is 1.32 bits per heavy atom. The van der Waals surface area contributed by atoms with E-state index < -0.39 is 6.10 Å². The topological polar surface area (TPSA) is 79.6 Å². The molecule has 28 heavy (non-hydrogen) atoms. The molecule has 150 valence electrons. The van der Waals surface area contributed by atoms with Crippen LogP contribution in [0.1, 0.15) is 28.8 Å². The number of carbonyl (C=O) groups is 1. The number of carbonyl (C=O) groups excluding carboxylic acids is 1.